The van der Waals surface area contributed by atoms with Crippen molar-refractivity contribution in [1.29, 1.82) is 0 Å². The minimum Gasteiger partial charge on any atom is -0.480 e. The number of hydrogen-bond acceptors (Lipinski definition) is 7. The van der Waals surface area contributed by atoms with Crippen molar-refractivity contribution < 1.29 is 19.5 Å². The number of anilines is 1. The summed E-state index contributed by atoms with van der Waals surface area (Å²) in [6.45, 7) is -0.264. The number of likely N-dealkylation sites (N-methyl/N-ethyl adjacent to an activating group) is 1. The van der Waals surface area contributed by atoms with Crippen LogP contribution < -0.4 is 4.90 Å². The zero-order valence-corrected chi connectivity index (χ0v) is 9.23. The Morgan fingerprint density at radius 2 is 2.17 bits per heavy atom. The highest BCUT2D eigenvalue weighted by Gasteiger charge is 2.21. The third-order valence-corrected chi connectivity index (χ3v) is 2.35. The fourth-order valence-corrected chi connectivity index (χ4v) is 1.58. The van der Waals surface area contributed by atoms with Gasteiger partial charge in [-0.2, -0.15) is 0 Å². The Morgan fingerprint density at radius 3 is 2.78 bits per heavy atom. The molecule has 0 aliphatic carbocycles. The van der Waals surface area contributed by atoms with Crippen molar-refractivity contribution in [3.8, 4) is 0 Å². The van der Waals surface area contributed by atoms with Gasteiger partial charge < -0.3 is 10.0 Å². The molecule has 2 aromatic rings. The summed E-state index contributed by atoms with van der Waals surface area (Å²) in [5.74, 6) is -1.03. The zero-order valence-electron chi connectivity index (χ0n) is 9.23. The van der Waals surface area contributed by atoms with E-state index < -0.39 is 10.9 Å². The molecule has 0 saturated carbocycles. The average Bonchev–Trinajstić information content (AvgIpc) is 2.74. The van der Waals surface area contributed by atoms with Gasteiger partial charge in [0.25, 0.3) is 0 Å². The molecule has 2 rings (SSSR count). The average molecular weight is 252 g/mol. The SMILES string of the molecule is CN(CC(=O)O)c1ccc([N+](=O)[O-])c2nonc12. The number of nitrogens with zero attached hydrogens (tertiary/aromatic N) is 4. The monoisotopic (exact) mass is 252 g/mol. The highest BCUT2D eigenvalue weighted by Crippen LogP contribution is 2.30. The number of nitro benzene ring substituents is 1. The second-order valence-corrected chi connectivity index (χ2v) is 3.57. The first kappa shape index (κ1) is 11.8. The van der Waals surface area contributed by atoms with Crippen molar-refractivity contribution in [3.05, 3.63) is 22.2 Å². The number of fused-ring (bicyclic) bond motifs is 1. The van der Waals surface area contributed by atoms with Crippen LogP contribution in [0.2, 0.25) is 0 Å². The lowest BCUT2D eigenvalue weighted by atomic mass is 10.2. The molecule has 0 bridgehead atoms. The molecule has 1 heterocycles. The summed E-state index contributed by atoms with van der Waals surface area (Å²) >= 11 is 0. The van der Waals surface area contributed by atoms with Gasteiger partial charge >= 0.3 is 11.7 Å². The van der Waals surface area contributed by atoms with E-state index in [4.69, 9.17) is 5.11 Å². The number of carboxylic acid groups (broad SMARTS) is 1. The fourth-order valence-electron chi connectivity index (χ4n) is 1.58. The molecule has 0 aliphatic rings. The Hall–Kier alpha value is -2.71. The van der Waals surface area contributed by atoms with E-state index in [1.807, 2.05) is 0 Å². The van der Waals surface area contributed by atoms with Crippen molar-refractivity contribution in [1.82, 2.24) is 10.3 Å². The second kappa shape index (κ2) is 4.28. The molecule has 9 heteroatoms. The predicted molar refractivity (Wildman–Crippen MR) is 59.4 cm³/mol. The van der Waals surface area contributed by atoms with Gasteiger partial charge in [0.1, 0.15) is 6.54 Å². The van der Waals surface area contributed by atoms with Crippen LogP contribution in [0, 0.1) is 10.1 Å². The van der Waals surface area contributed by atoms with E-state index in [1.54, 1.807) is 0 Å². The number of carboxylic acids is 1. The number of benzene rings is 1. The van der Waals surface area contributed by atoms with Gasteiger partial charge in [0.2, 0.25) is 5.52 Å². The minimum atomic E-state index is -1.03. The molecule has 0 amide bonds. The summed E-state index contributed by atoms with van der Waals surface area (Å²) in [5.41, 5.74) is 0.320. The molecule has 94 valence electrons. The van der Waals surface area contributed by atoms with Crippen molar-refractivity contribution in [2.24, 2.45) is 0 Å². The topological polar surface area (TPSA) is 123 Å². The molecule has 0 spiro atoms. The van der Waals surface area contributed by atoms with Crippen LogP contribution in [-0.4, -0.2) is 39.9 Å². The lowest BCUT2D eigenvalue weighted by Crippen LogP contribution is -2.25. The van der Waals surface area contributed by atoms with Gasteiger partial charge in [-0.15, -0.1) is 0 Å². The van der Waals surface area contributed by atoms with Crippen LogP contribution in [0.1, 0.15) is 0 Å². The maximum Gasteiger partial charge on any atom is 0.323 e. The zero-order chi connectivity index (χ0) is 13.3. The molecule has 0 fully saturated rings. The van der Waals surface area contributed by atoms with Crippen LogP contribution >= 0.6 is 0 Å². The Kier molecular flexibility index (Phi) is 2.80. The number of non-ortho nitro benzene ring substituents is 1. The van der Waals surface area contributed by atoms with Gasteiger partial charge in [0.05, 0.1) is 10.6 Å². The van der Waals surface area contributed by atoms with Gasteiger partial charge in [-0.25, -0.2) is 4.63 Å². The summed E-state index contributed by atoms with van der Waals surface area (Å²) in [7, 11) is 1.53. The van der Waals surface area contributed by atoms with Crippen LogP contribution in [0.4, 0.5) is 11.4 Å². The minimum absolute atomic E-state index is 0.00487. The summed E-state index contributed by atoms with van der Waals surface area (Å²) in [5, 5.41) is 26.5. The predicted octanol–water partition coefficient (Wildman–Crippen LogP) is 0.652. The quantitative estimate of drug-likeness (QED) is 0.621. The van der Waals surface area contributed by atoms with Gasteiger partial charge in [-0.05, 0) is 16.4 Å². The molecule has 0 unspecified atom stereocenters. The normalized spacial score (nSPS) is 10.5. The molecule has 1 aromatic carbocycles. The Morgan fingerprint density at radius 1 is 1.50 bits per heavy atom. The summed E-state index contributed by atoms with van der Waals surface area (Å²) in [6.07, 6.45) is 0. The number of aliphatic carboxylic acids is 1. The van der Waals surface area contributed by atoms with Crippen molar-refractivity contribution >= 4 is 28.4 Å². The van der Waals surface area contributed by atoms with Crippen molar-refractivity contribution in [3.63, 3.8) is 0 Å². The molecular formula is C9H8N4O5. The van der Waals surface area contributed by atoms with E-state index in [0.29, 0.717) is 5.69 Å². The van der Waals surface area contributed by atoms with Gasteiger partial charge in [0, 0.05) is 13.1 Å². The van der Waals surface area contributed by atoms with Crippen LogP contribution in [0.25, 0.3) is 11.0 Å². The number of nitro groups is 1. The first-order chi connectivity index (χ1) is 8.50. The third-order valence-electron chi connectivity index (χ3n) is 2.35. The molecule has 0 aliphatic heterocycles. The Balaban J connectivity index is 2.54. The summed E-state index contributed by atoms with van der Waals surface area (Å²) < 4.78 is 4.47. The van der Waals surface area contributed by atoms with Crippen LogP contribution in [0.15, 0.2) is 16.8 Å². The number of hydrogen-bond donors (Lipinski definition) is 1. The first-order valence-electron chi connectivity index (χ1n) is 4.83. The maximum atomic E-state index is 10.8. The highest BCUT2D eigenvalue weighted by atomic mass is 16.6. The molecular weight excluding hydrogens is 244 g/mol. The van der Waals surface area contributed by atoms with E-state index in [2.05, 4.69) is 14.9 Å². The molecule has 1 aromatic heterocycles. The number of rotatable bonds is 4. The smallest absolute Gasteiger partial charge is 0.323 e. The van der Waals surface area contributed by atoms with E-state index in [9.17, 15) is 14.9 Å². The number of aromatic nitrogens is 2. The molecule has 1 N–H and O–H groups in total. The molecule has 0 radical (unpaired) electrons. The number of carbonyl (C=O) groups is 1. The lowest BCUT2D eigenvalue weighted by molar-refractivity contribution is -0.383. The van der Waals surface area contributed by atoms with Gasteiger partial charge in [-0.1, -0.05) is 0 Å². The van der Waals surface area contributed by atoms with Crippen LogP contribution in [-0.2, 0) is 4.79 Å². The first-order valence-corrected chi connectivity index (χ1v) is 4.83. The van der Waals surface area contributed by atoms with E-state index in [-0.39, 0.29) is 23.3 Å². The second-order valence-electron chi connectivity index (χ2n) is 3.57. The molecule has 0 atom stereocenters. The molecule has 18 heavy (non-hydrogen) atoms. The van der Waals surface area contributed by atoms with Crippen LogP contribution in [0.3, 0.4) is 0 Å². The Labute approximate surface area is 99.7 Å². The van der Waals surface area contributed by atoms with E-state index in [0.717, 1.165) is 0 Å². The lowest BCUT2D eigenvalue weighted by Gasteiger charge is -2.16. The van der Waals surface area contributed by atoms with Crippen molar-refractivity contribution in [2.75, 3.05) is 18.5 Å². The van der Waals surface area contributed by atoms with Crippen LogP contribution in [0.5, 0.6) is 0 Å². The standard InChI is InChI=1S/C9H8N4O5/c1-12(4-7(14)15)5-2-3-6(13(16)17)9-8(5)10-18-11-9/h2-3H,4H2,1H3,(H,14,15). The summed E-state index contributed by atoms with van der Waals surface area (Å²) in [6, 6.07) is 2.65. The van der Waals surface area contributed by atoms with E-state index >= 15 is 0 Å². The van der Waals surface area contributed by atoms with Gasteiger partial charge in [-0.3, -0.25) is 14.9 Å². The maximum absolute atomic E-state index is 10.8. The largest absolute Gasteiger partial charge is 0.480 e. The van der Waals surface area contributed by atoms with E-state index in [1.165, 1.54) is 24.1 Å². The molecule has 0 saturated heterocycles. The highest BCUT2D eigenvalue weighted by molar-refractivity contribution is 5.94. The summed E-state index contributed by atoms with van der Waals surface area (Å²) in [4.78, 5) is 22.2. The van der Waals surface area contributed by atoms with Gasteiger partial charge in [0.15, 0.2) is 5.52 Å². The third kappa shape index (κ3) is 1.93. The van der Waals surface area contributed by atoms with Crippen molar-refractivity contribution in [2.45, 2.75) is 0 Å². The Bertz CT molecular complexity index is 622. The molecule has 9 nitrogen and oxygen atoms in total. The fraction of sp³-hybridized carbons (Fsp3) is 0.222.